The molecule has 2 aromatic heterocycles. The molecule has 3 aromatic rings. The van der Waals surface area contributed by atoms with E-state index in [-0.39, 0.29) is 0 Å². The van der Waals surface area contributed by atoms with Gasteiger partial charge in [-0.1, -0.05) is 0 Å². The van der Waals surface area contributed by atoms with Gasteiger partial charge in [-0.3, -0.25) is 9.38 Å². The van der Waals surface area contributed by atoms with Crippen LogP contribution in [0.4, 0.5) is 0 Å². The molecule has 0 radical (unpaired) electrons. The van der Waals surface area contributed by atoms with E-state index >= 15 is 0 Å². The van der Waals surface area contributed by atoms with Crippen LogP contribution in [0, 0.1) is 6.92 Å². The lowest BCUT2D eigenvalue weighted by Crippen LogP contribution is -1.99. The summed E-state index contributed by atoms with van der Waals surface area (Å²) in [6.07, 6.45) is 5.44. The van der Waals surface area contributed by atoms with Crippen molar-refractivity contribution in [3.05, 3.63) is 42.5 Å². The van der Waals surface area contributed by atoms with Gasteiger partial charge in [-0.25, -0.2) is 4.98 Å². The maximum atomic E-state index is 5.48. The Bertz CT molecular complexity index is 765. The van der Waals surface area contributed by atoms with Crippen molar-refractivity contribution in [2.24, 2.45) is 0 Å². The van der Waals surface area contributed by atoms with Crippen molar-refractivity contribution in [2.45, 2.75) is 6.92 Å². The fourth-order valence-corrected chi connectivity index (χ4v) is 2.31. The zero-order chi connectivity index (χ0) is 14.1. The lowest BCUT2D eigenvalue weighted by atomic mass is 10.1. The molecule has 0 fully saturated rings. The molecule has 0 amide bonds. The molecule has 0 spiro atoms. The Morgan fingerprint density at radius 1 is 1.10 bits per heavy atom. The second-order valence-corrected chi connectivity index (χ2v) is 4.41. The molecule has 0 saturated carbocycles. The molecule has 2 heterocycles. The van der Waals surface area contributed by atoms with Crippen LogP contribution < -0.4 is 9.47 Å². The maximum Gasteiger partial charge on any atom is 0.155 e. The van der Waals surface area contributed by atoms with Crippen LogP contribution in [0.3, 0.4) is 0 Å². The number of imidazole rings is 1. The third kappa shape index (κ3) is 1.87. The number of aromatic nitrogens is 3. The highest BCUT2D eigenvalue weighted by atomic mass is 16.5. The summed E-state index contributed by atoms with van der Waals surface area (Å²) < 4.78 is 12.7. The van der Waals surface area contributed by atoms with Crippen LogP contribution in [-0.2, 0) is 0 Å². The molecule has 0 saturated heterocycles. The van der Waals surface area contributed by atoms with E-state index in [2.05, 4.69) is 9.97 Å². The molecule has 0 aliphatic carbocycles. The van der Waals surface area contributed by atoms with Crippen LogP contribution in [0.25, 0.3) is 16.9 Å². The van der Waals surface area contributed by atoms with Gasteiger partial charge < -0.3 is 9.47 Å². The van der Waals surface area contributed by atoms with Gasteiger partial charge in [0, 0.05) is 24.0 Å². The SMILES string of the molecule is COc1ccc(-c2c(C)ncc3nccn23)c(OC)c1. The molecule has 0 atom stereocenters. The van der Waals surface area contributed by atoms with Crippen molar-refractivity contribution in [3.63, 3.8) is 0 Å². The Labute approximate surface area is 116 Å². The minimum Gasteiger partial charge on any atom is -0.497 e. The highest BCUT2D eigenvalue weighted by Crippen LogP contribution is 2.34. The zero-order valence-electron chi connectivity index (χ0n) is 11.6. The zero-order valence-corrected chi connectivity index (χ0v) is 11.6. The summed E-state index contributed by atoms with van der Waals surface area (Å²) in [5, 5.41) is 0. The number of rotatable bonds is 3. The lowest BCUT2D eigenvalue weighted by molar-refractivity contribution is 0.395. The maximum absolute atomic E-state index is 5.48. The summed E-state index contributed by atoms with van der Waals surface area (Å²) in [7, 11) is 3.28. The lowest BCUT2D eigenvalue weighted by Gasteiger charge is -2.13. The van der Waals surface area contributed by atoms with E-state index < -0.39 is 0 Å². The Morgan fingerprint density at radius 3 is 2.70 bits per heavy atom. The van der Waals surface area contributed by atoms with E-state index in [1.807, 2.05) is 35.7 Å². The predicted octanol–water partition coefficient (Wildman–Crippen LogP) is 2.72. The Kier molecular flexibility index (Phi) is 3.02. The number of aryl methyl sites for hydroxylation is 1. The van der Waals surface area contributed by atoms with Crippen LogP contribution in [0.1, 0.15) is 5.69 Å². The molecule has 0 aliphatic heterocycles. The fraction of sp³-hybridized carbons (Fsp3) is 0.200. The van der Waals surface area contributed by atoms with E-state index in [9.17, 15) is 0 Å². The summed E-state index contributed by atoms with van der Waals surface area (Å²) in [5.41, 5.74) is 3.66. The third-order valence-electron chi connectivity index (χ3n) is 3.29. The third-order valence-corrected chi connectivity index (χ3v) is 3.29. The average molecular weight is 269 g/mol. The normalized spacial score (nSPS) is 10.8. The first kappa shape index (κ1) is 12.5. The van der Waals surface area contributed by atoms with Gasteiger partial charge in [0.15, 0.2) is 5.65 Å². The van der Waals surface area contributed by atoms with Crippen molar-refractivity contribution in [1.29, 1.82) is 0 Å². The molecule has 102 valence electrons. The van der Waals surface area contributed by atoms with Crippen molar-refractivity contribution < 1.29 is 9.47 Å². The molecular formula is C15H15N3O2. The van der Waals surface area contributed by atoms with Gasteiger partial charge in [0.2, 0.25) is 0 Å². The van der Waals surface area contributed by atoms with Gasteiger partial charge in [-0.2, -0.15) is 0 Å². The minimum absolute atomic E-state index is 0.746. The summed E-state index contributed by atoms with van der Waals surface area (Å²) in [6.45, 7) is 1.97. The molecule has 0 bridgehead atoms. The second-order valence-electron chi connectivity index (χ2n) is 4.41. The van der Waals surface area contributed by atoms with Gasteiger partial charge in [0.05, 0.1) is 31.8 Å². The number of fused-ring (bicyclic) bond motifs is 1. The molecule has 1 aromatic carbocycles. The minimum atomic E-state index is 0.746. The van der Waals surface area contributed by atoms with Crippen molar-refractivity contribution in [3.8, 4) is 22.8 Å². The molecular weight excluding hydrogens is 254 g/mol. The van der Waals surface area contributed by atoms with Gasteiger partial charge >= 0.3 is 0 Å². The number of nitrogens with zero attached hydrogens (tertiary/aromatic N) is 3. The summed E-state index contributed by atoms with van der Waals surface area (Å²) in [5.74, 6) is 1.50. The molecule has 5 heteroatoms. The van der Waals surface area contributed by atoms with Crippen LogP contribution in [0.15, 0.2) is 36.8 Å². The van der Waals surface area contributed by atoms with Crippen LogP contribution >= 0.6 is 0 Å². The first-order valence-electron chi connectivity index (χ1n) is 6.25. The summed E-state index contributed by atoms with van der Waals surface area (Å²) >= 11 is 0. The largest absolute Gasteiger partial charge is 0.497 e. The smallest absolute Gasteiger partial charge is 0.155 e. The van der Waals surface area contributed by atoms with E-state index in [0.717, 1.165) is 34.1 Å². The second kappa shape index (κ2) is 4.85. The Balaban J connectivity index is 2.30. The quantitative estimate of drug-likeness (QED) is 0.733. The fourth-order valence-electron chi connectivity index (χ4n) is 2.31. The monoisotopic (exact) mass is 269 g/mol. The molecule has 0 unspecified atom stereocenters. The van der Waals surface area contributed by atoms with Crippen LogP contribution in [0.2, 0.25) is 0 Å². The number of hydrogen-bond acceptors (Lipinski definition) is 4. The Hall–Kier alpha value is -2.56. The standard InChI is InChI=1S/C15H15N3O2/c1-10-15(18-7-6-16-14(18)9-17-10)12-5-4-11(19-2)8-13(12)20-3/h4-9H,1-3H3. The van der Waals surface area contributed by atoms with Gasteiger partial charge in [0.25, 0.3) is 0 Å². The molecule has 5 nitrogen and oxygen atoms in total. The summed E-state index contributed by atoms with van der Waals surface area (Å²) in [4.78, 5) is 8.67. The average Bonchev–Trinajstić information content (AvgIpc) is 2.95. The predicted molar refractivity (Wildman–Crippen MR) is 76.3 cm³/mol. The highest BCUT2D eigenvalue weighted by molar-refractivity contribution is 5.72. The van der Waals surface area contributed by atoms with Crippen molar-refractivity contribution >= 4 is 5.65 Å². The van der Waals surface area contributed by atoms with Crippen molar-refractivity contribution in [1.82, 2.24) is 14.4 Å². The van der Waals surface area contributed by atoms with E-state index in [4.69, 9.17) is 9.47 Å². The first-order chi connectivity index (χ1) is 9.74. The number of hydrogen-bond donors (Lipinski definition) is 0. The van der Waals surface area contributed by atoms with Gasteiger partial charge in [-0.05, 0) is 19.1 Å². The number of benzene rings is 1. The molecule has 3 rings (SSSR count). The summed E-state index contributed by atoms with van der Waals surface area (Å²) in [6, 6.07) is 5.75. The van der Waals surface area contributed by atoms with Gasteiger partial charge in [-0.15, -0.1) is 0 Å². The molecule has 20 heavy (non-hydrogen) atoms. The Morgan fingerprint density at radius 2 is 1.95 bits per heavy atom. The molecule has 0 N–H and O–H groups in total. The van der Waals surface area contributed by atoms with E-state index in [1.54, 1.807) is 26.6 Å². The number of ether oxygens (including phenoxy) is 2. The van der Waals surface area contributed by atoms with Crippen LogP contribution in [-0.4, -0.2) is 28.6 Å². The van der Waals surface area contributed by atoms with Crippen LogP contribution in [0.5, 0.6) is 11.5 Å². The highest BCUT2D eigenvalue weighted by Gasteiger charge is 2.14. The number of methoxy groups -OCH3 is 2. The topological polar surface area (TPSA) is 48.7 Å². The van der Waals surface area contributed by atoms with E-state index in [0.29, 0.717) is 0 Å². The molecule has 0 aliphatic rings. The van der Waals surface area contributed by atoms with E-state index in [1.165, 1.54) is 0 Å². The first-order valence-corrected chi connectivity index (χ1v) is 6.25. The van der Waals surface area contributed by atoms with Gasteiger partial charge in [0.1, 0.15) is 11.5 Å². The van der Waals surface area contributed by atoms with Crippen molar-refractivity contribution in [2.75, 3.05) is 14.2 Å².